The second-order valence-electron chi connectivity index (χ2n) is 7.44. The maximum absolute atomic E-state index is 12.9. The fraction of sp³-hybridized carbons (Fsp3) is 0.208. The Bertz CT molecular complexity index is 1400. The number of carbonyl (C=O) groups excluding carboxylic acids is 1. The summed E-state index contributed by atoms with van der Waals surface area (Å²) in [5.74, 6) is -0.390. The van der Waals surface area contributed by atoms with Gasteiger partial charge in [-0.15, -0.1) is 5.10 Å². The van der Waals surface area contributed by atoms with Gasteiger partial charge < -0.3 is 10.2 Å². The van der Waals surface area contributed by atoms with Gasteiger partial charge in [-0.1, -0.05) is 67.2 Å². The zero-order chi connectivity index (χ0) is 24.1. The molecule has 0 saturated carbocycles. The minimum atomic E-state index is -3.66. The first-order valence-corrected chi connectivity index (χ1v) is 12.3. The van der Waals surface area contributed by atoms with E-state index in [1.54, 1.807) is 19.9 Å². The van der Waals surface area contributed by atoms with Crippen LogP contribution in [0.1, 0.15) is 13.8 Å². The summed E-state index contributed by atoms with van der Waals surface area (Å²) in [6.45, 7) is 3.94. The Balaban J connectivity index is 1.51. The molecule has 9 nitrogen and oxygen atoms in total. The van der Waals surface area contributed by atoms with Crippen molar-refractivity contribution in [3.8, 4) is 11.1 Å². The first kappa shape index (κ1) is 23.4. The predicted octanol–water partition coefficient (Wildman–Crippen LogP) is 3.20. The van der Waals surface area contributed by atoms with Crippen LogP contribution in [0, 0.1) is 0 Å². The van der Waals surface area contributed by atoms with Crippen molar-refractivity contribution in [1.82, 2.24) is 19.5 Å². The van der Waals surface area contributed by atoms with Gasteiger partial charge in [0.15, 0.2) is 6.61 Å². The van der Waals surface area contributed by atoms with Crippen molar-refractivity contribution in [3.63, 3.8) is 0 Å². The minimum absolute atomic E-state index is 0.108. The van der Waals surface area contributed by atoms with E-state index >= 15 is 0 Å². The summed E-state index contributed by atoms with van der Waals surface area (Å²) in [6.07, 6.45) is 0. The molecule has 1 N–H and O–H groups in total. The van der Waals surface area contributed by atoms with Gasteiger partial charge in [-0.25, -0.2) is 8.42 Å². The monoisotopic (exact) mass is 479 g/mol. The third-order valence-corrected chi connectivity index (χ3v) is 7.38. The van der Waals surface area contributed by atoms with Crippen LogP contribution in [0.2, 0.25) is 0 Å². The van der Waals surface area contributed by atoms with Gasteiger partial charge in [0.05, 0.1) is 4.90 Å². The molecular weight excluding hydrogens is 454 g/mol. The number of rotatable bonds is 9. The van der Waals surface area contributed by atoms with E-state index in [4.69, 9.17) is 4.84 Å². The van der Waals surface area contributed by atoms with Gasteiger partial charge >= 0.3 is 0 Å². The van der Waals surface area contributed by atoms with E-state index in [9.17, 15) is 13.2 Å². The Morgan fingerprint density at radius 2 is 1.71 bits per heavy atom. The van der Waals surface area contributed by atoms with Gasteiger partial charge in [-0.05, 0) is 35.0 Å². The highest BCUT2D eigenvalue weighted by Crippen LogP contribution is 2.27. The second kappa shape index (κ2) is 10.0. The Labute approximate surface area is 198 Å². The quantitative estimate of drug-likeness (QED) is 0.395. The van der Waals surface area contributed by atoms with Gasteiger partial charge in [0.2, 0.25) is 10.0 Å². The lowest BCUT2D eigenvalue weighted by Crippen LogP contribution is -2.30. The van der Waals surface area contributed by atoms with Gasteiger partial charge in [0.1, 0.15) is 11.0 Å². The fourth-order valence-electron chi connectivity index (χ4n) is 3.61. The topological polar surface area (TPSA) is 106 Å². The molecule has 3 aromatic carbocycles. The summed E-state index contributed by atoms with van der Waals surface area (Å²) in [5, 5.41) is 10.8. The first-order chi connectivity index (χ1) is 16.4. The molecule has 1 aromatic heterocycles. The summed E-state index contributed by atoms with van der Waals surface area (Å²) in [6, 6.07) is 21.7. The van der Waals surface area contributed by atoms with Gasteiger partial charge in [-0.2, -0.15) is 4.31 Å². The molecule has 0 spiro atoms. The zero-order valence-electron chi connectivity index (χ0n) is 18.9. The lowest BCUT2D eigenvalue weighted by Gasteiger charge is -2.18. The molecule has 0 atom stereocenters. The number of nitrogens with zero attached hydrogens (tertiary/aromatic N) is 4. The molecule has 34 heavy (non-hydrogen) atoms. The van der Waals surface area contributed by atoms with E-state index in [0.717, 1.165) is 16.0 Å². The highest BCUT2D eigenvalue weighted by Gasteiger charge is 2.23. The normalized spacial score (nSPS) is 11.6. The lowest BCUT2D eigenvalue weighted by molar-refractivity contribution is -0.121. The van der Waals surface area contributed by atoms with Crippen molar-refractivity contribution in [2.24, 2.45) is 0 Å². The number of fused-ring (bicyclic) bond motifs is 1. The Morgan fingerprint density at radius 1 is 1.00 bits per heavy atom. The molecule has 0 unspecified atom stereocenters. The standard InChI is InChI=1S/C24H25N5O4S/c1-3-28(4-2)34(31,32)19-14-15-22-23(16-19)29(27-26-22)33-17-24(30)25-21-13-9-8-12-20(21)18-10-6-5-7-11-18/h5-16H,3-4,17H2,1-2H3,(H,25,30). The number of sulfonamides is 1. The number of hydrogen-bond donors (Lipinski definition) is 1. The second-order valence-corrected chi connectivity index (χ2v) is 9.37. The maximum Gasteiger partial charge on any atom is 0.265 e. The molecule has 176 valence electrons. The maximum atomic E-state index is 12.9. The van der Waals surface area contributed by atoms with Crippen LogP contribution in [0.4, 0.5) is 5.69 Å². The summed E-state index contributed by atoms with van der Waals surface area (Å²) >= 11 is 0. The Kier molecular flexibility index (Phi) is 6.90. The average Bonchev–Trinajstić information content (AvgIpc) is 3.26. The number of amides is 1. The van der Waals surface area contributed by atoms with Crippen LogP contribution in [0.5, 0.6) is 0 Å². The molecule has 0 radical (unpaired) electrons. The van der Waals surface area contributed by atoms with Crippen molar-refractivity contribution in [2.45, 2.75) is 18.7 Å². The summed E-state index contributed by atoms with van der Waals surface area (Å²) in [4.78, 5) is 19.3. The van der Waals surface area contributed by atoms with Crippen molar-refractivity contribution in [2.75, 3.05) is 25.0 Å². The molecule has 4 rings (SSSR count). The molecular formula is C24H25N5O4S. The van der Waals surface area contributed by atoms with Crippen LogP contribution in [0.15, 0.2) is 77.7 Å². The SMILES string of the molecule is CCN(CC)S(=O)(=O)c1ccc2nnn(OCC(=O)Nc3ccccc3-c3ccccc3)c2c1. The number of aromatic nitrogens is 3. The average molecular weight is 480 g/mol. The lowest BCUT2D eigenvalue weighted by atomic mass is 10.0. The van der Waals surface area contributed by atoms with Crippen LogP contribution in [0.25, 0.3) is 22.2 Å². The number of nitrogens with one attached hydrogen (secondary N) is 1. The van der Waals surface area contributed by atoms with Crippen molar-refractivity contribution < 1.29 is 18.0 Å². The van der Waals surface area contributed by atoms with Crippen LogP contribution >= 0.6 is 0 Å². The Morgan fingerprint density at radius 3 is 2.44 bits per heavy atom. The van der Waals surface area contributed by atoms with E-state index in [2.05, 4.69) is 15.6 Å². The van der Waals surface area contributed by atoms with Crippen molar-refractivity contribution in [1.29, 1.82) is 0 Å². The van der Waals surface area contributed by atoms with Gasteiger partial charge in [0, 0.05) is 24.3 Å². The molecule has 0 aliphatic heterocycles. The Hall–Kier alpha value is -3.76. The zero-order valence-corrected chi connectivity index (χ0v) is 19.7. The van der Waals surface area contributed by atoms with Crippen LogP contribution in [0.3, 0.4) is 0 Å². The number of benzene rings is 3. The predicted molar refractivity (Wildman–Crippen MR) is 130 cm³/mol. The highest BCUT2D eigenvalue weighted by molar-refractivity contribution is 7.89. The van der Waals surface area contributed by atoms with E-state index in [-0.39, 0.29) is 17.4 Å². The largest absolute Gasteiger partial charge is 0.385 e. The molecule has 0 saturated heterocycles. The molecule has 1 amide bonds. The number of carbonyl (C=O) groups is 1. The number of hydrogen-bond acceptors (Lipinski definition) is 6. The molecule has 0 aliphatic carbocycles. The van der Waals surface area contributed by atoms with E-state index in [0.29, 0.717) is 29.8 Å². The van der Waals surface area contributed by atoms with Crippen LogP contribution in [-0.4, -0.2) is 53.5 Å². The molecule has 0 fully saturated rings. The van der Waals surface area contributed by atoms with E-state index in [1.165, 1.54) is 16.4 Å². The highest BCUT2D eigenvalue weighted by atomic mass is 32.2. The summed E-state index contributed by atoms with van der Waals surface area (Å²) in [5.41, 5.74) is 3.31. The molecule has 0 aliphatic rings. The summed E-state index contributed by atoms with van der Waals surface area (Å²) in [7, 11) is -3.66. The number of para-hydroxylation sites is 1. The third kappa shape index (κ3) is 4.78. The summed E-state index contributed by atoms with van der Waals surface area (Å²) < 4.78 is 27.1. The van der Waals surface area contributed by atoms with Gasteiger partial charge in [0.25, 0.3) is 5.91 Å². The van der Waals surface area contributed by atoms with Crippen LogP contribution < -0.4 is 10.2 Å². The molecule has 10 heteroatoms. The minimum Gasteiger partial charge on any atom is -0.385 e. The van der Waals surface area contributed by atoms with E-state index in [1.807, 2.05) is 54.6 Å². The first-order valence-electron chi connectivity index (χ1n) is 10.9. The van der Waals surface area contributed by atoms with Crippen molar-refractivity contribution >= 4 is 32.7 Å². The molecule has 0 bridgehead atoms. The van der Waals surface area contributed by atoms with E-state index < -0.39 is 10.0 Å². The van der Waals surface area contributed by atoms with Gasteiger partial charge in [-0.3, -0.25) is 4.79 Å². The molecule has 4 aromatic rings. The van der Waals surface area contributed by atoms with Crippen molar-refractivity contribution in [3.05, 3.63) is 72.8 Å². The third-order valence-electron chi connectivity index (χ3n) is 5.33. The number of anilines is 1. The smallest absolute Gasteiger partial charge is 0.265 e. The fourth-order valence-corrected chi connectivity index (χ4v) is 5.09. The molecule has 1 heterocycles. The van der Waals surface area contributed by atoms with Crippen LogP contribution in [-0.2, 0) is 14.8 Å².